The normalized spacial score (nSPS) is 10.9. The van der Waals surface area contributed by atoms with E-state index in [-0.39, 0.29) is 35.8 Å². The number of pyridine rings is 1. The van der Waals surface area contributed by atoms with Crippen LogP contribution in [0.3, 0.4) is 0 Å². The molecule has 0 spiro atoms. The van der Waals surface area contributed by atoms with E-state index >= 15 is 0 Å². The number of hydrogen-bond acceptors (Lipinski definition) is 7. The van der Waals surface area contributed by atoms with Crippen LogP contribution in [0.2, 0.25) is 0 Å². The standard InChI is InChI=1S/C17H17N5O5/c1-10-5-4-6-14-18-13(7-15(23)21(10)14)9-27-16(24)8-20-12(3)17(22(25)26)11(2)19-20/h4-7H,8-9H2,1-3H3. The molecule has 10 heteroatoms. The summed E-state index contributed by atoms with van der Waals surface area (Å²) >= 11 is 0. The van der Waals surface area contributed by atoms with Crippen LogP contribution in [0.4, 0.5) is 5.69 Å². The number of carbonyl (C=O) groups is 1. The Labute approximate surface area is 153 Å². The molecule has 3 rings (SSSR count). The number of ether oxygens (including phenoxy) is 1. The van der Waals surface area contributed by atoms with Gasteiger partial charge in [-0.3, -0.25) is 28.8 Å². The molecule has 0 saturated carbocycles. The van der Waals surface area contributed by atoms with Crippen molar-refractivity contribution >= 4 is 17.3 Å². The van der Waals surface area contributed by atoms with E-state index in [1.807, 2.05) is 0 Å². The fraction of sp³-hybridized carbons (Fsp3) is 0.294. The van der Waals surface area contributed by atoms with E-state index in [4.69, 9.17) is 4.74 Å². The number of hydrogen-bond donors (Lipinski definition) is 0. The molecule has 140 valence electrons. The molecule has 10 nitrogen and oxygen atoms in total. The topological polar surface area (TPSA) is 122 Å². The second-order valence-electron chi connectivity index (χ2n) is 6.04. The van der Waals surface area contributed by atoms with Crippen LogP contribution in [0.15, 0.2) is 29.1 Å². The van der Waals surface area contributed by atoms with E-state index < -0.39 is 10.9 Å². The minimum Gasteiger partial charge on any atom is -0.458 e. The van der Waals surface area contributed by atoms with Crippen molar-refractivity contribution in [1.82, 2.24) is 19.2 Å². The predicted octanol–water partition coefficient (Wildman–Crippen LogP) is 1.47. The first kappa shape index (κ1) is 18.2. The molecule has 0 N–H and O–H groups in total. The predicted molar refractivity (Wildman–Crippen MR) is 94.4 cm³/mol. The van der Waals surface area contributed by atoms with Crippen LogP contribution >= 0.6 is 0 Å². The maximum atomic E-state index is 12.2. The van der Waals surface area contributed by atoms with Gasteiger partial charge >= 0.3 is 11.7 Å². The highest BCUT2D eigenvalue weighted by atomic mass is 16.6. The Morgan fingerprint density at radius 3 is 2.70 bits per heavy atom. The maximum absolute atomic E-state index is 12.2. The van der Waals surface area contributed by atoms with E-state index in [2.05, 4.69) is 10.1 Å². The van der Waals surface area contributed by atoms with Gasteiger partial charge in [-0.1, -0.05) is 6.07 Å². The minimum absolute atomic E-state index is 0.123. The van der Waals surface area contributed by atoms with Crippen LogP contribution in [-0.4, -0.2) is 30.1 Å². The number of nitrogens with zero attached hydrogens (tertiary/aromatic N) is 5. The Morgan fingerprint density at radius 1 is 1.30 bits per heavy atom. The average Bonchev–Trinajstić information content (AvgIpc) is 2.86. The molecule has 0 aliphatic carbocycles. The van der Waals surface area contributed by atoms with Crippen molar-refractivity contribution in [2.75, 3.05) is 0 Å². The summed E-state index contributed by atoms with van der Waals surface area (Å²) in [6, 6.07) is 6.57. The van der Waals surface area contributed by atoms with E-state index in [1.165, 1.54) is 29.0 Å². The number of aromatic nitrogens is 4. The third-order valence-corrected chi connectivity index (χ3v) is 4.12. The van der Waals surface area contributed by atoms with Crippen molar-refractivity contribution < 1.29 is 14.5 Å². The summed E-state index contributed by atoms with van der Waals surface area (Å²) in [5, 5.41) is 15.0. The zero-order valence-electron chi connectivity index (χ0n) is 15.0. The molecular weight excluding hydrogens is 354 g/mol. The van der Waals surface area contributed by atoms with Crippen LogP contribution in [-0.2, 0) is 22.7 Å². The number of esters is 1. The first-order valence-electron chi connectivity index (χ1n) is 8.10. The minimum atomic E-state index is -0.637. The number of nitro groups is 1. The van der Waals surface area contributed by atoms with Gasteiger partial charge in [0, 0.05) is 11.8 Å². The molecule has 3 heterocycles. The summed E-state index contributed by atoms with van der Waals surface area (Å²) in [5.41, 5.74) is 1.64. The lowest BCUT2D eigenvalue weighted by Gasteiger charge is -2.08. The van der Waals surface area contributed by atoms with Crippen molar-refractivity contribution in [2.24, 2.45) is 0 Å². The quantitative estimate of drug-likeness (QED) is 0.378. The summed E-state index contributed by atoms with van der Waals surface area (Å²) in [5.74, 6) is -0.637. The van der Waals surface area contributed by atoms with Gasteiger partial charge in [0.1, 0.15) is 30.2 Å². The Morgan fingerprint density at radius 2 is 2.04 bits per heavy atom. The molecule has 0 saturated heterocycles. The van der Waals surface area contributed by atoms with Crippen molar-refractivity contribution in [1.29, 1.82) is 0 Å². The van der Waals surface area contributed by atoms with E-state index in [9.17, 15) is 19.7 Å². The van der Waals surface area contributed by atoms with E-state index in [0.29, 0.717) is 11.3 Å². The Bertz CT molecular complexity index is 1110. The Hall–Kier alpha value is -3.56. The lowest BCUT2D eigenvalue weighted by atomic mass is 10.3. The van der Waals surface area contributed by atoms with Crippen molar-refractivity contribution in [2.45, 2.75) is 33.9 Å². The fourth-order valence-corrected chi connectivity index (χ4v) is 2.87. The molecule has 3 aromatic heterocycles. The van der Waals surface area contributed by atoms with Crippen LogP contribution in [0, 0.1) is 30.9 Å². The van der Waals surface area contributed by atoms with Gasteiger partial charge in [0.15, 0.2) is 0 Å². The largest absolute Gasteiger partial charge is 0.458 e. The third kappa shape index (κ3) is 3.54. The molecule has 0 bridgehead atoms. The van der Waals surface area contributed by atoms with Gasteiger partial charge in [-0.2, -0.15) is 5.10 Å². The van der Waals surface area contributed by atoms with Gasteiger partial charge in [0.2, 0.25) is 0 Å². The van der Waals surface area contributed by atoms with Gasteiger partial charge in [-0.25, -0.2) is 4.98 Å². The molecule has 27 heavy (non-hydrogen) atoms. The second-order valence-corrected chi connectivity index (χ2v) is 6.04. The van der Waals surface area contributed by atoms with E-state index in [0.717, 1.165) is 5.69 Å². The monoisotopic (exact) mass is 371 g/mol. The summed E-state index contributed by atoms with van der Waals surface area (Å²) in [6.45, 7) is 4.36. The molecular formula is C17H17N5O5. The molecule has 0 aliphatic rings. The van der Waals surface area contributed by atoms with Gasteiger partial charge < -0.3 is 4.74 Å². The van der Waals surface area contributed by atoms with Crippen molar-refractivity contribution in [3.63, 3.8) is 0 Å². The highest BCUT2D eigenvalue weighted by Gasteiger charge is 2.23. The van der Waals surface area contributed by atoms with Crippen molar-refractivity contribution in [3.8, 4) is 0 Å². The first-order valence-corrected chi connectivity index (χ1v) is 8.10. The molecule has 0 amide bonds. The smallest absolute Gasteiger partial charge is 0.328 e. The highest BCUT2D eigenvalue weighted by molar-refractivity contribution is 5.69. The first-order chi connectivity index (χ1) is 12.8. The Kier molecular flexibility index (Phi) is 4.72. The molecule has 0 atom stereocenters. The zero-order chi connectivity index (χ0) is 19.7. The maximum Gasteiger partial charge on any atom is 0.328 e. The third-order valence-electron chi connectivity index (χ3n) is 4.12. The summed E-state index contributed by atoms with van der Waals surface area (Å²) < 4.78 is 7.83. The molecule has 0 radical (unpaired) electrons. The van der Waals surface area contributed by atoms with Crippen LogP contribution in [0.1, 0.15) is 22.8 Å². The SMILES string of the molecule is Cc1nn(CC(=O)OCc2cc(=O)n3c(C)cccc3n2)c(C)c1[N+](=O)[O-]. The lowest BCUT2D eigenvalue weighted by molar-refractivity contribution is -0.386. The fourth-order valence-electron chi connectivity index (χ4n) is 2.87. The van der Waals surface area contributed by atoms with Crippen LogP contribution < -0.4 is 5.56 Å². The van der Waals surface area contributed by atoms with Gasteiger partial charge in [0.25, 0.3) is 5.56 Å². The molecule has 0 fully saturated rings. The highest BCUT2D eigenvalue weighted by Crippen LogP contribution is 2.21. The molecule has 3 aromatic rings. The van der Waals surface area contributed by atoms with Gasteiger partial charge in [0.05, 0.1) is 10.6 Å². The summed E-state index contributed by atoms with van der Waals surface area (Å²) in [4.78, 5) is 39.1. The number of carbonyl (C=O) groups excluding carboxylic acids is 1. The number of aryl methyl sites for hydroxylation is 2. The average molecular weight is 371 g/mol. The second kappa shape index (κ2) is 6.98. The Balaban J connectivity index is 1.73. The lowest BCUT2D eigenvalue weighted by Crippen LogP contribution is -2.20. The zero-order valence-corrected chi connectivity index (χ0v) is 15.0. The molecule has 0 aliphatic heterocycles. The summed E-state index contributed by atoms with van der Waals surface area (Å²) in [6.07, 6.45) is 0. The van der Waals surface area contributed by atoms with E-state index in [1.54, 1.807) is 25.1 Å². The molecule has 0 aromatic carbocycles. The van der Waals surface area contributed by atoms with Crippen LogP contribution in [0.25, 0.3) is 5.65 Å². The van der Waals surface area contributed by atoms with Gasteiger partial charge in [-0.05, 0) is 32.9 Å². The number of fused-ring (bicyclic) bond motifs is 1. The van der Waals surface area contributed by atoms with Crippen molar-refractivity contribution in [3.05, 3.63) is 67.5 Å². The molecule has 0 unspecified atom stereocenters. The number of rotatable bonds is 5. The van der Waals surface area contributed by atoms with Crippen LogP contribution in [0.5, 0.6) is 0 Å². The van der Waals surface area contributed by atoms with Gasteiger partial charge in [-0.15, -0.1) is 0 Å². The summed E-state index contributed by atoms with van der Waals surface area (Å²) in [7, 11) is 0.